The Bertz CT molecular complexity index is 1210. The van der Waals surface area contributed by atoms with Crippen LogP contribution in [0.3, 0.4) is 0 Å². The van der Waals surface area contributed by atoms with Crippen LogP contribution in [0.25, 0.3) is 0 Å². The van der Waals surface area contributed by atoms with E-state index in [1.165, 1.54) is 13.2 Å². The van der Waals surface area contributed by atoms with E-state index in [1.54, 1.807) is 36.4 Å². The summed E-state index contributed by atoms with van der Waals surface area (Å²) >= 11 is 0. The number of carboxylic acids is 1. The van der Waals surface area contributed by atoms with Gasteiger partial charge in [0.05, 0.1) is 19.6 Å². The third kappa shape index (κ3) is 7.49. The van der Waals surface area contributed by atoms with Crippen LogP contribution in [0.15, 0.2) is 66.7 Å². The molecule has 1 atom stereocenters. The average Bonchev–Trinajstić information content (AvgIpc) is 2.86. The molecule has 1 unspecified atom stereocenters. The molecule has 0 saturated heterocycles. The molecule has 0 aliphatic rings. The summed E-state index contributed by atoms with van der Waals surface area (Å²) in [5.41, 5.74) is 3.67. The number of carbonyl (C=O) groups is 3. The number of anilines is 1. The summed E-state index contributed by atoms with van der Waals surface area (Å²) in [6.45, 7) is 1.99. The van der Waals surface area contributed by atoms with Gasteiger partial charge in [-0.2, -0.15) is 0 Å². The molecule has 9 heteroatoms. The number of hydrogen-bond acceptors (Lipinski definition) is 5. The molecule has 3 rings (SSSR count). The molecule has 9 nitrogen and oxygen atoms in total. The SMILES string of the molecule is COc1cc(CC(NC(=O)Nc2ccc(C)cc2)c2ccc(C(=O)NCCC(=O)O)cc2)ccc1O. The van der Waals surface area contributed by atoms with Gasteiger partial charge >= 0.3 is 12.0 Å². The van der Waals surface area contributed by atoms with E-state index in [4.69, 9.17) is 9.84 Å². The lowest BCUT2D eigenvalue weighted by molar-refractivity contribution is -0.136. The number of nitrogens with one attached hydrogen (secondary N) is 3. The fourth-order valence-corrected chi connectivity index (χ4v) is 3.55. The van der Waals surface area contributed by atoms with Crippen molar-refractivity contribution in [2.45, 2.75) is 25.8 Å². The average molecular weight is 492 g/mol. The van der Waals surface area contributed by atoms with Gasteiger partial charge in [-0.05, 0) is 60.9 Å². The fraction of sp³-hybridized carbons (Fsp3) is 0.222. The van der Waals surface area contributed by atoms with Gasteiger partial charge in [-0.1, -0.05) is 35.9 Å². The molecule has 0 heterocycles. The molecule has 3 amide bonds. The van der Waals surface area contributed by atoms with Gasteiger partial charge in [-0.25, -0.2) is 4.79 Å². The maximum atomic E-state index is 12.8. The number of aliphatic carboxylic acids is 1. The minimum Gasteiger partial charge on any atom is -0.504 e. The number of phenolic OH excluding ortho intramolecular Hbond substituents is 1. The third-order valence-electron chi connectivity index (χ3n) is 5.50. The first-order valence-corrected chi connectivity index (χ1v) is 11.3. The van der Waals surface area contributed by atoms with Crippen LogP contribution in [0.2, 0.25) is 0 Å². The monoisotopic (exact) mass is 491 g/mol. The quantitative estimate of drug-likeness (QED) is 0.291. The van der Waals surface area contributed by atoms with Crippen LogP contribution < -0.4 is 20.7 Å². The predicted octanol–water partition coefficient (Wildman–Crippen LogP) is 4.02. The van der Waals surface area contributed by atoms with Crippen molar-refractivity contribution in [2.75, 3.05) is 19.0 Å². The van der Waals surface area contributed by atoms with E-state index in [0.717, 1.165) is 16.7 Å². The van der Waals surface area contributed by atoms with Gasteiger partial charge in [0.15, 0.2) is 11.5 Å². The van der Waals surface area contributed by atoms with Crippen LogP contribution in [0.5, 0.6) is 11.5 Å². The number of methoxy groups -OCH3 is 1. The fourth-order valence-electron chi connectivity index (χ4n) is 3.55. The summed E-state index contributed by atoms with van der Waals surface area (Å²) in [7, 11) is 1.46. The van der Waals surface area contributed by atoms with Crippen molar-refractivity contribution < 1.29 is 29.3 Å². The molecule has 0 aromatic heterocycles. The molecular formula is C27H29N3O6. The highest BCUT2D eigenvalue weighted by atomic mass is 16.5. The van der Waals surface area contributed by atoms with Crippen LogP contribution in [0, 0.1) is 6.92 Å². The standard InChI is InChI=1S/C27H29N3O6/c1-17-3-10-21(11-4-17)29-27(35)30-22(15-18-5-12-23(31)24(16-18)36-2)19-6-8-20(9-7-19)26(34)28-14-13-25(32)33/h3-12,16,22,31H,13-15H2,1-2H3,(H,28,34)(H,32,33)(H2,29,30,35). The van der Waals surface area contributed by atoms with Gasteiger partial charge in [0, 0.05) is 17.8 Å². The second-order valence-electron chi connectivity index (χ2n) is 8.25. The molecule has 188 valence electrons. The molecule has 0 bridgehead atoms. The highest BCUT2D eigenvalue weighted by Gasteiger charge is 2.18. The van der Waals surface area contributed by atoms with Gasteiger partial charge < -0.3 is 30.9 Å². The summed E-state index contributed by atoms with van der Waals surface area (Å²) in [5.74, 6) is -1.04. The summed E-state index contributed by atoms with van der Waals surface area (Å²) < 4.78 is 5.20. The molecule has 5 N–H and O–H groups in total. The second kappa shape index (κ2) is 12.3. The van der Waals surface area contributed by atoms with Crippen LogP contribution in [-0.4, -0.2) is 41.8 Å². The first kappa shape index (κ1) is 26.1. The van der Waals surface area contributed by atoms with Crippen molar-refractivity contribution >= 4 is 23.6 Å². The zero-order chi connectivity index (χ0) is 26.1. The summed E-state index contributed by atoms with van der Waals surface area (Å²) in [6.07, 6.45) is 0.226. The van der Waals surface area contributed by atoms with Crippen molar-refractivity contribution in [3.05, 3.63) is 89.0 Å². The number of amides is 3. The van der Waals surface area contributed by atoms with Gasteiger partial charge in [0.2, 0.25) is 0 Å². The van der Waals surface area contributed by atoms with Gasteiger partial charge in [0.1, 0.15) is 0 Å². The molecule has 3 aromatic rings. The Morgan fingerprint density at radius 3 is 2.31 bits per heavy atom. The Kier molecular flexibility index (Phi) is 8.88. The Balaban J connectivity index is 1.78. The Labute approximate surface area is 209 Å². The lowest BCUT2D eigenvalue weighted by Gasteiger charge is -2.21. The first-order valence-electron chi connectivity index (χ1n) is 11.3. The van der Waals surface area contributed by atoms with E-state index in [0.29, 0.717) is 23.4 Å². The zero-order valence-electron chi connectivity index (χ0n) is 20.1. The Hall–Kier alpha value is -4.53. The topological polar surface area (TPSA) is 137 Å². The van der Waals surface area contributed by atoms with Gasteiger partial charge in [-0.3, -0.25) is 9.59 Å². The molecule has 0 spiro atoms. The highest BCUT2D eigenvalue weighted by molar-refractivity contribution is 5.94. The number of phenols is 1. The van der Waals surface area contributed by atoms with E-state index < -0.39 is 18.0 Å². The summed E-state index contributed by atoms with van der Waals surface area (Å²) in [5, 5.41) is 27.0. The first-order chi connectivity index (χ1) is 17.2. The number of carbonyl (C=O) groups excluding carboxylic acids is 2. The van der Waals surface area contributed by atoms with Gasteiger partial charge in [-0.15, -0.1) is 0 Å². The minimum atomic E-state index is -0.991. The number of aromatic hydroxyl groups is 1. The van der Waals surface area contributed by atoms with E-state index in [9.17, 15) is 19.5 Å². The molecular weight excluding hydrogens is 462 g/mol. The zero-order valence-corrected chi connectivity index (χ0v) is 20.1. The number of benzene rings is 3. The van der Waals surface area contributed by atoms with Crippen LogP contribution in [0.1, 0.15) is 39.5 Å². The number of aryl methyl sites for hydroxylation is 1. The van der Waals surface area contributed by atoms with Gasteiger partial charge in [0.25, 0.3) is 5.91 Å². The lowest BCUT2D eigenvalue weighted by atomic mass is 9.97. The van der Waals surface area contributed by atoms with Crippen molar-refractivity contribution in [1.82, 2.24) is 10.6 Å². The number of urea groups is 1. The molecule has 0 saturated carbocycles. The predicted molar refractivity (Wildman–Crippen MR) is 135 cm³/mol. The molecule has 0 aliphatic carbocycles. The lowest BCUT2D eigenvalue weighted by Crippen LogP contribution is -2.33. The Morgan fingerprint density at radius 2 is 1.67 bits per heavy atom. The van der Waals surface area contributed by atoms with Crippen molar-refractivity contribution in [2.24, 2.45) is 0 Å². The maximum Gasteiger partial charge on any atom is 0.319 e. The molecule has 0 radical (unpaired) electrons. The van der Waals surface area contributed by atoms with E-state index in [-0.39, 0.29) is 24.6 Å². The molecule has 0 aliphatic heterocycles. The summed E-state index contributed by atoms with van der Waals surface area (Å²) in [6, 6.07) is 18.2. The largest absolute Gasteiger partial charge is 0.504 e. The smallest absolute Gasteiger partial charge is 0.319 e. The maximum absolute atomic E-state index is 12.8. The minimum absolute atomic E-state index is 0.0149. The molecule has 36 heavy (non-hydrogen) atoms. The molecule has 0 fully saturated rings. The number of hydrogen-bond donors (Lipinski definition) is 5. The van der Waals surface area contributed by atoms with Crippen molar-refractivity contribution in [3.63, 3.8) is 0 Å². The van der Waals surface area contributed by atoms with E-state index in [2.05, 4.69) is 16.0 Å². The van der Waals surface area contributed by atoms with Crippen LogP contribution in [-0.2, 0) is 11.2 Å². The van der Waals surface area contributed by atoms with Crippen LogP contribution >= 0.6 is 0 Å². The third-order valence-corrected chi connectivity index (χ3v) is 5.50. The highest BCUT2D eigenvalue weighted by Crippen LogP contribution is 2.29. The normalized spacial score (nSPS) is 11.3. The number of rotatable bonds is 10. The number of ether oxygens (including phenoxy) is 1. The van der Waals surface area contributed by atoms with Crippen LogP contribution in [0.4, 0.5) is 10.5 Å². The number of carboxylic acid groups (broad SMARTS) is 1. The van der Waals surface area contributed by atoms with Crippen molar-refractivity contribution in [3.8, 4) is 11.5 Å². The van der Waals surface area contributed by atoms with E-state index >= 15 is 0 Å². The summed E-state index contributed by atoms with van der Waals surface area (Å²) in [4.78, 5) is 35.7. The van der Waals surface area contributed by atoms with Crippen molar-refractivity contribution in [1.29, 1.82) is 0 Å². The molecule has 3 aromatic carbocycles. The second-order valence-corrected chi connectivity index (χ2v) is 8.25. The Morgan fingerprint density at radius 1 is 0.972 bits per heavy atom. The van der Waals surface area contributed by atoms with E-state index in [1.807, 2.05) is 31.2 Å².